The highest BCUT2D eigenvalue weighted by Gasteiger charge is 2.11. The number of carbonyl (C=O) groups is 1. The Balaban J connectivity index is 1.54. The Morgan fingerprint density at radius 2 is 2.22 bits per heavy atom. The number of carbonyl (C=O) groups excluding carboxylic acids is 1. The van der Waals surface area contributed by atoms with Crippen molar-refractivity contribution in [1.29, 1.82) is 0 Å². The van der Waals surface area contributed by atoms with Gasteiger partial charge in [-0.05, 0) is 42.5 Å². The summed E-state index contributed by atoms with van der Waals surface area (Å²) in [5.74, 6) is 0.467. The van der Waals surface area contributed by atoms with Gasteiger partial charge in [0.1, 0.15) is 5.75 Å². The first kappa shape index (κ1) is 14.7. The predicted molar refractivity (Wildman–Crippen MR) is 80.9 cm³/mol. The number of amides is 1. The van der Waals surface area contributed by atoms with Crippen LogP contribution in [0.2, 0.25) is 0 Å². The molecule has 0 aliphatic carbocycles. The van der Waals surface area contributed by atoms with Gasteiger partial charge in [0.05, 0.1) is 6.04 Å². The van der Waals surface area contributed by atoms with Gasteiger partial charge in [0, 0.05) is 24.5 Å². The number of rotatable bonds is 6. The molecule has 0 bridgehead atoms. The van der Waals surface area contributed by atoms with Crippen molar-refractivity contribution in [3.05, 3.63) is 42.7 Å². The molecule has 0 saturated carbocycles. The van der Waals surface area contributed by atoms with Crippen LogP contribution >= 0.6 is 0 Å². The van der Waals surface area contributed by atoms with E-state index in [4.69, 9.17) is 4.74 Å². The summed E-state index contributed by atoms with van der Waals surface area (Å²) in [6.45, 7) is 1.94. The first-order valence-electron chi connectivity index (χ1n) is 7.01. The van der Waals surface area contributed by atoms with Crippen molar-refractivity contribution in [2.24, 2.45) is 0 Å². The van der Waals surface area contributed by atoms with Crippen LogP contribution in [0.15, 0.2) is 42.7 Å². The molecular formula is C14H15N7O2. The van der Waals surface area contributed by atoms with Gasteiger partial charge in [-0.1, -0.05) is 10.2 Å². The molecule has 0 spiro atoms. The first-order chi connectivity index (χ1) is 11.2. The number of aromatic nitrogens is 6. The molecule has 23 heavy (non-hydrogen) atoms. The van der Waals surface area contributed by atoms with E-state index >= 15 is 0 Å². The minimum Gasteiger partial charge on any atom is -0.422 e. The molecule has 3 rings (SSSR count). The molecule has 0 aliphatic heterocycles. The largest absolute Gasteiger partial charge is 0.422 e. The molecule has 0 fully saturated rings. The fourth-order valence-corrected chi connectivity index (χ4v) is 2.02. The van der Waals surface area contributed by atoms with Crippen LogP contribution in [-0.4, -0.2) is 36.3 Å². The Hall–Kier alpha value is -3.23. The Kier molecular flexibility index (Phi) is 4.27. The van der Waals surface area contributed by atoms with Crippen LogP contribution in [0.1, 0.15) is 19.4 Å². The van der Waals surface area contributed by atoms with E-state index in [1.54, 1.807) is 35.1 Å². The van der Waals surface area contributed by atoms with Gasteiger partial charge in [-0.2, -0.15) is 10.3 Å². The molecule has 9 nitrogen and oxygen atoms in total. The Bertz CT molecular complexity index is 738. The second-order valence-corrected chi connectivity index (χ2v) is 4.91. The van der Waals surface area contributed by atoms with Crippen molar-refractivity contribution in [3.8, 4) is 11.8 Å². The highest BCUT2D eigenvalue weighted by atomic mass is 16.5. The number of tetrazole rings is 1. The summed E-state index contributed by atoms with van der Waals surface area (Å²) in [7, 11) is 0. The van der Waals surface area contributed by atoms with Crippen LogP contribution in [0.3, 0.4) is 0 Å². The highest BCUT2D eigenvalue weighted by molar-refractivity contribution is 5.90. The Morgan fingerprint density at radius 3 is 2.87 bits per heavy atom. The lowest BCUT2D eigenvalue weighted by Gasteiger charge is -2.12. The minimum atomic E-state index is -0.0835. The number of ether oxygens (including phenoxy) is 1. The topological polar surface area (TPSA) is 111 Å². The second kappa shape index (κ2) is 6.69. The fourth-order valence-electron chi connectivity index (χ4n) is 2.02. The van der Waals surface area contributed by atoms with Gasteiger partial charge >= 0.3 is 6.01 Å². The number of hydrogen-bond acceptors (Lipinski definition) is 6. The second-order valence-electron chi connectivity index (χ2n) is 4.91. The number of aromatic amines is 1. The molecular weight excluding hydrogens is 298 g/mol. The van der Waals surface area contributed by atoms with E-state index in [0.29, 0.717) is 17.9 Å². The molecule has 1 unspecified atom stereocenters. The number of nitrogens with one attached hydrogen (secondary N) is 2. The number of hydrogen-bond donors (Lipinski definition) is 2. The fraction of sp³-hybridized carbons (Fsp3) is 0.214. The van der Waals surface area contributed by atoms with Crippen LogP contribution in [0.4, 0.5) is 5.69 Å². The summed E-state index contributed by atoms with van der Waals surface area (Å²) in [4.78, 5) is 12.0. The van der Waals surface area contributed by atoms with Crippen molar-refractivity contribution in [1.82, 2.24) is 30.4 Å². The standard InChI is InChI=1S/C14H15N7O2/c1-10(21-8-2-7-15-21)9-13(22)16-11-3-5-12(6-4-11)23-14-17-19-20-18-14/h2-8,10H,9H2,1H3,(H,16,22)(H,17,18,19,20). The molecule has 3 aromatic rings. The van der Waals surface area contributed by atoms with E-state index in [9.17, 15) is 4.79 Å². The van der Waals surface area contributed by atoms with Crippen LogP contribution in [0, 0.1) is 0 Å². The van der Waals surface area contributed by atoms with Crippen LogP contribution in [0.5, 0.6) is 11.8 Å². The van der Waals surface area contributed by atoms with Gasteiger partial charge < -0.3 is 10.1 Å². The SMILES string of the molecule is CC(CC(=O)Nc1ccc(Oc2nn[nH]n2)cc1)n1cccn1. The number of H-pyrrole nitrogens is 1. The van der Waals surface area contributed by atoms with Crippen molar-refractivity contribution >= 4 is 11.6 Å². The van der Waals surface area contributed by atoms with Gasteiger partial charge in [0.25, 0.3) is 0 Å². The molecule has 0 saturated heterocycles. The molecule has 9 heteroatoms. The maximum Gasteiger partial charge on any atom is 0.361 e. The van der Waals surface area contributed by atoms with E-state index in [1.807, 2.05) is 19.2 Å². The lowest BCUT2D eigenvalue weighted by Crippen LogP contribution is -2.17. The maximum absolute atomic E-state index is 12.0. The van der Waals surface area contributed by atoms with Gasteiger partial charge in [-0.25, -0.2) is 0 Å². The zero-order valence-corrected chi connectivity index (χ0v) is 12.4. The zero-order valence-electron chi connectivity index (χ0n) is 12.4. The van der Waals surface area contributed by atoms with Crippen LogP contribution in [-0.2, 0) is 4.79 Å². The molecule has 0 aliphatic rings. The smallest absolute Gasteiger partial charge is 0.361 e. The lowest BCUT2D eigenvalue weighted by atomic mass is 10.2. The summed E-state index contributed by atoms with van der Waals surface area (Å²) in [6, 6.07) is 8.86. The summed E-state index contributed by atoms with van der Waals surface area (Å²) < 4.78 is 7.10. The van der Waals surface area contributed by atoms with Crippen molar-refractivity contribution in [2.75, 3.05) is 5.32 Å². The number of anilines is 1. The normalized spacial score (nSPS) is 11.9. The third kappa shape index (κ3) is 3.90. The minimum absolute atomic E-state index is 0.00848. The van der Waals surface area contributed by atoms with Crippen LogP contribution in [0.25, 0.3) is 0 Å². The monoisotopic (exact) mass is 313 g/mol. The molecule has 1 atom stereocenters. The summed E-state index contributed by atoms with van der Waals surface area (Å²) in [6.07, 6.45) is 3.86. The van der Waals surface area contributed by atoms with Crippen molar-refractivity contribution in [2.45, 2.75) is 19.4 Å². The molecule has 2 heterocycles. The summed E-state index contributed by atoms with van der Waals surface area (Å²) >= 11 is 0. The molecule has 2 aromatic heterocycles. The summed E-state index contributed by atoms with van der Waals surface area (Å²) in [5.41, 5.74) is 0.683. The zero-order chi connectivity index (χ0) is 16.1. The predicted octanol–water partition coefficient (Wildman–Crippen LogP) is 1.78. The molecule has 118 valence electrons. The first-order valence-corrected chi connectivity index (χ1v) is 7.01. The quantitative estimate of drug-likeness (QED) is 0.717. The van der Waals surface area contributed by atoms with E-state index in [1.165, 1.54) is 0 Å². The van der Waals surface area contributed by atoms with Crippen LogP contribution < -0.4 is 10.1 Å². The average Bonchev–Trinajstić information content (AvgIpc) is 3.22. The third-order valence-corrected chi connectivity index (χ3v) is 3.13. The van der Waals surface area contributed by atoms with E-state index in [0.717, 1.165) is 0 Å². The number of benzene rings is 1. The molecule has 2 N–H and O–H groups in total. The van der Waals surface area contributed by atoms with E-state index in [-0.39, 0.29) is 18.0 Å². The highest BCUT2D eigenvalue weighted by Crippen LogP contribution is 2.20. The van der Waals surface area contributed by atoms with Gasteiger partial charge in [0.2, 0.25) is 5.91 Å². The van der Waals surface area contributed by atoms with E-state index in [2.05, 4.69) is 31.0 Å². The number of nitrogens with zero attached hydrogens (tertiary/aromatic N) is 5. The maximum atomic E-state index is 12.0. The van der Waals surface area contributed by atoms with E-state index < -0.39 is 0 Å². The average molecular weight is 313 g/mol. The Labute approximate surface area is 131 Å². The molecule has 0 radical (unpaired) electrons. The van der Waals surface area contributed by atoms with Crippen molar-refractivity contribution < 1.29 is 9.53 Å². The van der Waals surface area contributed by atoms with Gasteiger partial charge in [-0.3, -0.25) is 9.48 Å². The van der Waals surface area contributed by atoms with Crippen molar-refractivity contribution in [3.63, 3.8) is 0 Å². The van der Waals surface area contributed by atoms with Gasteiger partial charge in [0.15, 0.2) is 0 Å². The lowest BCUT2D eigenvalue weighted by molar-refractivity contribution is -0.116. The molecule has 1 amide bonds. The third-order valence-electron chi connectivity index (χ3n) is 3.13. The molecule has 1 aromatic carbocycles. The summed E-state index contributed by atoms with van der Waals surface area (Å²) in [5, 5.41) is 20.0. The van der Waals surface area contributed by atoms with Gasteiger partial charge in [-0.15, -0.1) is 0 Å². The Morgan fingerprint density at radius 1 is 1.39 bits per heavy atom.